The predicted octanol–water partition coefficient (Wildman–Crippen LogP) is -5.33. The lowest BCUT2D eigenvalue weighted by Crippen LogP contribution is -3.04. The van der Waals surface area contributed by atoms with Crippen molar-refractivity contribution in [2.24, 2.45) is 0 Å². The van der Waals surface area contributed by atoms with Crippen LogP contribution in [0.2, 0.25) is 0 Å². The van der Waals surface area contributed by atoms with Crippen molar-refractivity contribution in [2.45, 2.75) is 13.1 Å². The first-order valence-corrected chi connectivity index (χ1v) is 7.24. The summed E-state index contributed by atoms with van der Waals surface area (Å²) in [6.45, 7) is 2.22. The van der Waals surface area contributed by atoms with Crippen molar-refractivity contribution >= 4 is 0 Å². The third-order valence-electron chi connectivity index (χ3n) is 2.80. The Hall–Kier alpha value is -0.680. The zero-order valence-corrected chi connectivity index (χ0v) is 17.1. The first-order chi connectivity index (χ1) is 9.58. The normalized spacial score (nSPS) is 9.36. The van der Waals surface area contributed by atoms with Crippen LogP contribution >= 0.6 is 0 Å². The van der Waals surface area contributed by atoms with E-state index in [4.69, 9.17) is 0 Å². The molecule has 0 amide bonds. The van der Waals surface area contributed by atoms with E-state index in [2.05, 4.69) is 88.9 Å². The molecule has 2 aromatic rings. The zero-order valence-electron chi connectivity index (χ0n) is 13.9. The SMILES string of the molecule is C[NH+](C)Cc1ccccc1.C[NH+](C)Cc1ccccc1.[Br-].[Br-]. The summed E-state index contributed by atoms with van der Waals surface area (Å²) in [6.07, 6.45) is 0. The minimum absolute atomic E-state index is 0. The fourth-order valence-electron chi connectivity index (χ4n) is 2.01. The summed E-state index contributed by atoms with van der Waals surface area (Å²) in [5, 5.41) is 0. The zero-order chi connectivity index (χ0) is 14.8. The van der Waals surface area contributed by atoms with Gasteiger partial charge in [0.1, 0.15) is 13.1 Å². The monoisotopic (exact) mass is 430 g/mol. The second-order valence-corrected chi connectivity index (χ2v) is 5.74. The van der Waals surface area contributed by atoms with E-state index in [0.717, 1.165) is 13.1 Å². The van der Waals surface area contributed by atoms with E-state index >= 15 is 0 Å². The molecule has 0 unspecified atom stereocenters. The molecule has 0 radical (unpaired) electrons. The predicted molar refractivity (Wildman–Crippen MR) is 85.9 cm³/mol. The van der Waals surface area contributed by atoms with Crippen molar-refractivity contribution < 1.29 is 43.8 Å². The van der Waals surface area contributed by atoms with Crippen LogP contribution in [0.3, 0.4) is 0 Å². The number of benzene rings is 2. The maximum atomic E-state index is 2.16. The smallest absolute Gasteiger partial charge is 0.102 e. The van der Waals surface area contributed by atoms with Gasteiger partial charge in [-0.25, -0.2) is 0 Å². The van der Waals surface area contributed by atoms with Gasteiger partial charge in [-0.3, -0.25) is 0 Å². The van der Waals surface area contributed by atoms with Crippen molar-refractivity contribution in [3.8, 4) is 0 Å². The molecule has 0 aliphatic carbocycles. The summed E-state index contributed by atoms with van der Waals surface area (Å²) in [5.74, 6) is 0. The highest BCUT2D eigenvalue weighted by molar-refractivity contribution is 5.13. The molecule has 4 heteroatoms. The van der Waals surface area contributed by atoms with Gasteiger partial charge in [0.05, 0.1) is 28.2 Å². The third-order valence-corrected chi connectivity index (χ3v) is 2.80. The lowest BCUT2D eigenvalue weighted by molar-refractivity contribution is -0.872. The van der Waals surface area contributed by atoms with Gasteiger partial charge >= 0.3 is 0 Å². The fraction of sp³-hybridized carbons (Fsp3) is 0.333. The molecular formula is C18H28Br2N2. The van der Waals surface area contributed by atoms with Gasteiger partial charge in [-0.1, -0.05) is 60.7 Å². The van der Waals surface area contributed by atoms with Gasteiger partial charge in [0.2, 0.25) is 0 Å². The van der Waals surface area contributed by atoms with E-state index in [-0.39, 0.29) is 34.0 Å². The number of nitrogens with one attached hydrogen (secondary N) is 2. The molecule has 2 aromatic carbocycles. The summed E-state index contributed by atoms with van der Waals surface area (Å²) in [4.78, 5) is 2.93. The molecule has 0 heterocycles. The second-order valence-electron chi connectivity index (χ2n) is 5.74. The summed E-state index contributed by atoms with van der Waals surface area (Å²) < 4.78 is 0. The Labute approximate surface area is 156 Å². The van der Waals surface area contributed by atoms with E-state index < -0.39 is 0 Å². The van der Waals surface area contributed by atoms with Crippen LogP contribution in [0.5, 0.6) is 0 Å². The van der Waals surface area contributed by atoms with Crippen LogP contribution in [-0.2, 0) is 13.1 Å². The first kappa shape index (κ1) is 23.6. The summed E-state index contributed by atoms with van der Waals surface area (Å²) in [5.41, 5.74) is 2.81. The summed E-state index contributed by atoms with van der Waals surface area (Å²) in [7, 11) is 8.64. The second kappa shape index (κ2) is 13.9. The molecule has 0 spiro atoms. The van der Waals surface area contributed by atoms with Gasteiger partial charge in [0.25, 0.3) is 0 Å². The van der Waals surface area contributed by atoms with E-state index in [1.807, 2.05) is 0 Å². The third kappa shape index (κ3) is 11.9. The van der Waals surface area contributed by atoms with Crippen LogP contribution in [0, 0.1) is 0 Å². The average molecular weight is 432 g/mol. The number of halogens is 2. The molecule has 22 heavy (non-hydrogen) atoms. The van der Waals surface area contributed by atoms with Gasteiger partial charge in [0.15, 0.2) is 0 Å². The molecule has 0 aliphatic heterocycles. The van der Waals surface area contributed by atoms with Crippen molar-refractivity contribution in [3.05, 3.63) is 71.8 Å². The first-order valence-electron chi connectivity index (χ1n) is 7.24. The Morgan fingerprint density at radius 1 is 0.545 bits per heavy atom. The van der Waals surface area contributed by atoms with Crippen molar-refractivity contribution in [1.29, 1.82) is 0 Å². The Balaban J connectivity index is 0. The molecule has 0 aliphatic rings. The highest BCUT2D eigenvalue weighted by Crippen LogP contribution is 1.94. The van der Waals surface area contributed by atoms with Crippen LogP contribution in [0.4, 0.5) is 0 Å². The van der Waals surface area contributed by atoms with E-state index in [0.29, 0.717) is 0 Å². The standard InChI is InChI=1S/2C9H13N.2BrH/c2*1-10(2)8-9-6-4-3-5-7-9;;/h2*3-7H,8H2,1-2H3;2*1H. The van der Waals surface area contributed by atoms with E-state index in [1.54, 1.807) is 0 Å². The minimum Gasteiger partial charge on any atom is -1.00 e. The Kier molecular flexibility index (Phi) is 15.0. The highest BCUT2D eigenvalue weighted by atomic mass is 79.9. The van der Waals surface area contributed by atoms with E-state index in [9.17, 15) is 0 Å². The minimum atomic E-state index is 0. The Bertz CT molecular complexity index is 414. The van der Waals surface area contributed by atoms with Crippen LogP contribution < -0.4 is 43.8 Å². The molecular weight excluding hydrogens is 404 g/mol. The number of hydrogen-bond donors (Lipinski definition) is 2. The maximum absolute atomic E-state index is 2.16. The Morgan fingerprint density at radius 2 is 0.818 bits per heavy atom. The fourth-order valence-corrected chi connectivity index (χ4v) is 2.01. The molecule has 0 saturated carbocycles. The van der Waals surface area contributed by atoms with Crippen LogP contribution in [0.15, 0.2) is 60.7 Å². The summed E-state index contributed by atoms with van der Waals surface area (Å²) >= 11 is 0. The molecule has 2 nitrogen and oxygen atoms in total. The van der Waals surface area contributed by atoms with Gasteiger partial charge < -0.3 is 43.8 Å². The summed E-state index contributed by atoms with van der Waals surface area (Å²) in [6, 6.07) is 21.1. The molecule has 2 rings (SSSR count). The molecule has 0 atom stereocenters. The molecule has 2 N–H and O–H groups in total. The van der Waals surface area contributed by atoms with Gasteiger partial charge in [-0.2, -0.15) is 0 Å². The van der Waals surface area contributed by atoms with Gasteiger partial charge in [0, 0.05) is 11.1 Å². The molecule has 0 saturated heterocycles. The highest BCUT2D eigenvalue weighted by Gasteiger charge is 1.94. The molecule has 124 valence electrons. The van der Waals surface area contributed by atoms with Gasteiger partial charge in [-0.05, 0) is 0 Å². The lowest BCUT2D eigenvalue weighted by atomic mass is 10.2. The molecule has 0 aromatic heterocycles. The quantitative estimate of drug-likeness (QED) is 0.478. The lowest BCUT2D eigenvalue weighted by Gasteiger charge is -2.05. The van der Waals surface area contributed by atoms with Crippen molar-refractivity contribution in [3.63, 3.8) is 0 Å². The van der Waals surface area contributed by atoms with Crippen LogP contribution in [-0.4, -0.2) is 28.2 Å². The van der Waals surface area contributed by atoms with Crippen molar-refractivity contribution in [2.75, 3.05) is 28.2 Å². The van der Waals surface area contributed by atoms with Crippen LogP contribution in [0.25, 0.3) is 0 Å². The van der Waals surface area contributed by atoms with Gasteiger partial charge in [-0.15, -0.1) is 0 Å². The Morgan fingerprint density at radius 3 is 1.05 bits per heavy atom. The topological polar surface area (TPSA) is 8.88 Å². The maximum Gasteiger partial charge on any atom is 0.102 e. The van der Waals surface area contributed by atoms with Crippen LogP contribution in [0.1, 0.15) is 11.1 Å². The average Bonchev–Trinajstić information content (AvgIpc) is 2.40. The van der Waals surface area contributed by atoms with E-state index in [1.165, 1.54) is 20.9 Å². The van der Waals surface area contributed by atoms with Crippen molar-refractivity contribution in [1.82, 2.24) is 0 Å². The largest absolute Gasteiger partial charge is 1.00 e. The molecule has 0 bridgehead atoms. The number of hydrogen-bond acceptors (Lipinski definition) is 0. The number of quaternary nitrogens is 2. The number of rotatable bonds is 4. The molecule has 0 fully saturated rings.